The van der Waals surface area contributed by atoms with Crippen molar-refractivity contribution in [1.82, 2.24) is 14.2 Å². The molecule has 0 radical (unpaired) electrons. The van der Waals surface area contributed by atoms with Crippen molar-refractivity contribution >= 4 is 42.6 Å². The molecule has 1 aliphatic heterocycles. The molecule has 0 bridgehead atoms. The molecular formula is C28H38N4O4S2. The maximum Gasteiger partial charge on any atom is 0.260 e. The molecule has 38 heavy (non-hydrogen) atoms. The molecule has 4 rings (SSSR count). The van der Waals surface area contributed by atoms with Gasteiger partial charge >= 0.3 is 0 Å². The first-order chi connectivity index (χ1) is 18.2. The summed E-state index contributed by atoms with van der Waals surface area (Å²) in [5.74, 6) is -0.177. The molecule has 206 valence electrons. The minimum absolute atomic E-state index is 0.177. The molecule has 1 aliphatic rings. The van der Waals surface area contributed by atoms with Crippen LogP contribution >= 0.6 is 11.3 Å². The minimum Gasteiger partial charge on any atom is -0.379 e. The summed E-state index contributed by atoms with van der Waals surface area (Å²) >= 11 is 1.52. The Morgan fingerprint density at radius 2 is 1.79 bits per heavy atom. The molecule has 8 nitrogen and oxygen atoms in total. The highest BCUT2D eigenvalue weighted by Gasteiger charge is 2.24. The van der Waals surface area contributed by atoms with Crippen molar-refractivity contribution in [1.29, 1.82) is 0 Å². The van der Waals surface area contributed by atoms with Crippen LogP contribution in [0.3, 0.4) is 0 Å². The molecule has 0 unspecified atom stereocenters. The van der Waals surface area contributed by atoms with Crippen LogP contribution in [0.5, 0.6) is 0 Å². The number of hydrogen-bond donors (Lipinski definition) is 0. The minimum atomic E-state index is -3.60. The molecule has 1 fully saturated rings. The van der Waals surface area contributed by atoms with Crippen LogP contribution in [-0.2, 0) is 14.8 Å². The lowest BCUT2D eigenvalue weighted by Gasteiger charge is -2.27. The van der Waals surface area contributed by atoms with E-state index in [1.165, 1.54) is 27.8 Å². The second-order valence-corrected chi connectivity index (χ2v) is 12.9. The summed E-state index contributed by atoms with van der Waals surface area (Å²) in [6.07, 6.45) is 2.51. The van der Waals surface area contributed by atoms with Crippen molar-refractivity contribution in [3.63, 3.8) is 0 Å². The number of unbranched alkanes of at least 4 members (excludes halogenated alkanes) is 1. The van der Waals surface area contributed by atoms with E-state index in [1.807, 2.05) is 13.8 Å². The van der Waals surface area contributed by atoms with Gasteiger partial charge in [-0.1, -0.05) is 30.7 Å². The summed E-state index contributed by atoms with van der Waals surface area (Å²) in [4.78, 5) is 22.9. The number of morpholine rings is 1. The third-order valence-electron chi connectivity index (χ3n) is 6.89. The fourth-order valence-electron chi connectivity index (χ4n) is 4.64. The Hall–Kier alpha value is -2.37. The zero-order chi connectivity index (χ0) is 27.3. The van der Waals surface area contributed by atoms with E-state index in [9.17, 15) is 13.2 Å². The van der Waals surface area contributed by atoms with Crippen LogP contribution in [-0.4, -0.2) is 81.5 Å². The molecule has 0 spiro atoms. The van der Waals surface area contributed by atoms with Crippen molar-refractivity contribution in [3.05, 3.63) is 53.1 Å². The number of nitrogens with zero attached hydrogens (tertiary/aromatic N) is 4. The summed E-state index contributed by atoms with van der Waals surface area (Å²) in [7, 11) is -2.00. The number of ether oxygens (including phenoxy) is 1. The molecule has 3 aromatic rings. The van der Waals surface area contributed by atoms with Gasteiger partial charge in [0.05, 0.1) is 28.3 Å². The summed E-state index contributed by atoms with van der Waals surface area (Å²) in [6.45, 7) is 11.3. The molecular weight excluding hydrogens is 520 g/mol. The molecule has 2 aromatic carbocycles. The third kappa shape index (κ3) is 6.60. The molecule has 2 heterocycles. The van der Waals surface area contributed by atoms with E-state index in [1.54, 1.807) is 24.1 Å². The van der Waals surface area contributed by atoms with Crippen LogP contribution in [0.1, 0.15) is 47.7 Å². The number of aryl methyl sites for hydroxylation is 2. The zero-order valence-electron chi connectivity index (χ0n) is 22.8. The molecule has 0 N–H and O–H groups in total. The second kappa shape index (κ2) is 12.7. The van der Waals surface area contributed by atoms with Gasteiger partial charge in [0, 0.05) is 45.3 Å². The van der Waals surface area contributed by atoms with Gasteiger partial charge in [0.15, 0.2) is 5.13 Å². The topological polar surface area (TPSA) is 83.1 Å². The van der Waals surface area contributed by atoms with E-state index in [-0.39, 0.29) is 10.8 Å². The van der Waals surface area contributed by atoms with Crippen LogP contribution in [0.25, 0.3) is 10.2 Å². The van der Waals surface area contributed by atoms with Gasteiger partial charge < -0.3 is 4.74 Å². The Labute approximate surface area is 230 Å². The number of benzene rings is 2. The zero-order valence-corrected chi connectivity index (χ0v) is 24.4. The van der Waals surface area contributed by atoms with E-state index >= 15 is 0 Å². The average molecular weight is 559 g/mol. The molecule has 10 heteroatoms. The summed E-state index contributed by atoms with van der Waals surface area (Å²) in [5, 5.41) is 0.664. The smallest absolute Gasteiger partial charge is 0.260 e. The lowest BCUT2D eigenvalue weighted by atomic mass is 10.1. The number of aromatic nitrogens is 1. The number of carbonyl (C=O) groups is 1. The van der Waals surface area contributed by atoms with Gasteiger partial charge in [-0.2, -0.15) is 0 Å². The fraction of sp³-hybridized carbons (Fsp3) is 0.500. The Morgan fingerprint density at radius 1 is 1.08 bits per heavy atom. The first-order valence-electron chi connectivity index (χ1n) is 13.3. The number of hydrogen-bond acceptors (Lipinski definition) is 7. The van der Waals surface area contributed by atoms with E-state index in [4.69, 9.17) is 9.72 Å². The summed E-state index contributed by atoms with van der Waals surface area (Å²) in [5.41, 5.74) is 3.61. The summed E-state index contributed by atoms with van der Waals surface area (Å²) in [6, 6.07) is 10.5. The lowest BCUT2D eigenvalue weighted by molar-refractivity contribution is 0.0376. The second-order valence-electron chi connectivity index (χ2n) is 9.89. The average Bonchev–Trinajstić information content (AvgIpc) is 3.34. The Morgan fingerprint density at radius 3 is 2.47 bits per heavy atom. The Balaban J connectivity index is 1.58. The van der Waals surface area contributed by atoms with Crippen LogP contribution in [0.4, 0.5) is 5.13 Å². The fourth-order valence-corrected chi connectivity index (χ4v) is 7.02. The van der Waals surface area contributed by atoms with Crippen LogP contribution in [0.15, 0.2) is 41.3 Å². The van der Waals surface area contributed by atoms with Gasteiger partial charge in [-0.15, -0.1) is 0 Å². The standard InChI is InChI=1S/C28H38N4O4S2/c1-5-6-12-30(4)38(34,35)24-10-8-23(9-11-24)27(33)32(14-7-13-31-15-17-36-18-16-31)28-29-26-22(3)19-21(2)20-25(26)37-28/h8-11,19-20H,5-7,12-18H2,1-4H3. The van der Waals surface area contributed by atoms with E-state index in [0.717, 1.165) is 73.5 Å². The summed E-state index contributed by atoms with van der Waals surface area (Å²) < 4.78 is 33.7. The van der Waals surface area contributed by atoms with Gasteiger partial charge in [0.2, 0.25) is 10.0 Å². The van der Waals surface area contributed by atoms with Crippen molar-refractivity contribution in [2.75, 3.05) is 57.9 Å². The molecule has 0 atom stereocenters. The highest BCUT2D eigenvalue weighted by molar-refractivity contribution is 7.89. The highest BCUT2D eigenvalue weighted by atomic mass is 32.2. The van der Waals surface area contributed by atoms with E-state index in [2.05, 4.69) is 24.0 Å². The number of carbonyl (C=O) groups excluding carboxylic acids is 1. The van der Waals surface area contributed by atoms with Gasteiger partial charge in [0.1, 0.15) is 0 Å². The first kappa shape index (κ1) is 28.6. The lowest BCUT2D eigenvalue weighted by Crippen LogP contribution is -2.39. The maximum atomic E-state index is 13.8. The number of amides is 1. The van der Waals surface area contributed by atoms with Crippen molar-refractivity contribution in [3.8, 4) is 0 Å². The number of thiazole rings is 1. The molecule has 1 amide bonds. The number of sulfonamides is 1. The van der Waals surface area contributed by atoms with Crippen molar-refractivity contribution in [2.45, 2.75) is 44.9 Å². The largest absolute Gasteiger partial charge is 0.379 e. The van der Waals surface area contributed by atoms with Gasteiger partial charge in [-0.25, -0.2) is 17.7 Å². The number of rotatable bonds is 11. The number of anilines is 1. The molecule has 0 saturated carbocycles. The third-order valence-corrected chi connectivity index (χ3v) is 9.79. The number of fused-ring (bicyclic) bond motifs is 1. The maximum absolute atomic E-state index is 13.8. The van der Waals surface area contributed by atoms with E-state index in [0.29, 0.717) is 23.8 Å². The SMILES string of the molecule is CCCCN(C)S(=O)(=O)c1ccc(C(=O)N(CCCN2CCOCC2)c2nc3c(C)cc(C)cc3s2)cc1. The van der Waals surface area contributed by atoms with Crippen LogP contribution in [0.2, 0.25) is 0 Å². The van der Waals surface area contributed by atoms with Gasteiger partial charge in [0.25, 0.3) is 5.91 Å². The predicted molar refractivity (Wildman–Crippen MR) is 154 cm³/mol. The monoisotopic (exact) mass is 558 g/mol. The van der Waals surface area contributed by atoms with Gasteiger partial charge in [-0.05, 0) is 68.1 Å². The quantitative estimate of drug-likeness (QED) is 0.339. The van der Waals surface area contributed by atoms with Crippen LogP contribution in [0, 0.1) is 13.8 Å². The Kier molecular flexibility index (Phi) is 9.54. The highest BCUT2D eigenvalue weighted by Crippen LogP contribution is 2.32. The predicted octanol–water partition coefficient (Wildman–Crippen LogP) is 4.70. The first-order valence-corrected chi connectivity index (χ1v) is 15.5. The van der Waals surface area contributed by atoms with Crippen molar-refractivity contribution < 1.29 is 17.9 Å². The van der Waals surface area contributed by atoms with Gasteiger partial charge in [-0.3, -0.25) is 14.6 Å². The van der Waals surface area contributed by atoms with Crippen molar-refractivity contribution in [2.24, 2.45) is 0 Å². The van der Waals surface area contributed by atoms with E-state index < -0.39 is 10.0 Å². The normalized spacial score (nSPS) is 14.9. The molecule has 1 saturated heterocycles. The molecule has 1 aromatic heterocycles. The molecule has 0 aliphatic carbocycles. The van der Waals surface area contributed by atoms with Crippen LogP contribution < -0.4 is 4.90 Å². The Bertz CT molecular complexity index is 1350.